The van der Waals surface area contributed by atoms with Gasteiger partial charge in [0.15, 0.2) is 0 Å². The molecule has 1 fully saturated rings. The molecule has 0 aromatic heterocycles. The number of hydrogen-bond donors (Lipinski definition) is 2. The van der Waals surface area contributed by atoms with Crippen molar-refractivity contribution >= 4 is 22.9 Å². The molecule has 1 atom stereocenters. The third-order valence-electron chi connectivity index (χ3n) is 3.15. The van der Waals surface area contributed by atoms with Gasteiger partial charge in [0.05, 0.1) is 11.7 Å². The lowest BCUT2D eigenvalue weighted by molar-refractivity contribution is -0.137. The monoisotopic (exact) mass is 304 g/mol. The fourth-order valence-corrected chi connectivity index (χ4v) is 2.32. The van der Waals surface area contributed by atoms with Gasteiger partial charge in [0.25, 0.3) is 0 Å². The van der Waals surface area contributed by atoms with E-state index in [9.17, 15) is 13.2 Å². The normalized spacial score (nSPS) is 19.1. The van der Waals surface area contributed by atoms with Gasteiger partial charge in [0, 0.05) is 24.4 Å². The van der Waals surface area contributed by atoms with Gasteiger partial charge in [-0.05, 0) is 31.0 Å². The maximum absolute atomic E-state index is 13.0. The van der Waals surface area contributed by atoms with Crippen LogP contribution in [0, 0.1) is 0 Å². The van der Waals surface area contributed by atoms with Crippen molar-refractivity contribution in [3.8, 4) is 0 Å². The van der Waals surface area contributed by atoms with Crippen molar-refractivity contribution in [1.82, 2.24) is 0 Å². The van der Waals surface area contributed by atoms with E-state index in [2.05, 4.69) is 17.5 Å². The predicted molar refractivity (Wildman–Crippen MR) is 74.8 cm³/mol. The summed E-state index contributed by atoms with van der Waals surface area (Å²) in [6, 6.07) is 3.87. The highest BCUT2D eigenvalue weighted by molar-refractivity contribution is 7.80. The lowest BCUT2D eigenvalue weighted by atomic mass is 10.1. The topological polar surface area (TPSA) is 47.3 Å². The average Bonchev–Trinajstić information content (AvgIpc) is 2.88. The van der Waals surface area contributed by atoms with E-state index in [1.54, 1.807) is 6.07 Å². The number of benzene rings is 1. The van der Waals surface area contributed by atoms with Gasteiger partial charge in [-0.15, -0.1) is 0 Å². The van der Waals surface area contributed by atoms with Crippen LogP contribution in [0.25, 0.3) is 0 Å². The van der Waals surface area contributed by atoms with Gasteiger partial charge in [-0.1, -0.05) is 12.2 Å². The van der Waals surface area contributed by atoms with E-state index >= 15 is 0 Å². The number of anilines is 1. The molecular formula is C13H15F3N2OS. The fraction of sp³-hybridized carbons (Fsp3) is 0.462. The Morgan fingerprint density at radius 2 is 2.20 bits per heavy atom. The molecule has 0 radical (unpaired) electrons. The number of alkyl halides is 3. The van der Waals surface area contributed by atoms with Crippen molar-refractivity contribution in [2.75, 3.05) is 18.5 Å². The van der Waals surface area contributed by atoms with Crippen LogP contribution in [-0.2, 0) is 10.9 Å². The van der Waals surface area contributed by atoms with Crippen LogP contribution >= 0.6 is 12.2 Å². The van der Waals surface area contributed by atoms with E-state index < -0.39 is 11.7 Å². The quantitative estimate of drug-likeness (QED) is 0.840. The molecule has 7 heteroatoms. The van der Waals surface area contributed by atoms with Gasteiger partial charge in [0.2, 0.25) is 0 Å². The lowest BCUT2D eigenvalue weighted by Crippen LogP contribution is -2.20. The molecule has 1 saturated heterocycles. The third kappa shape index (κ3) is 3.61. The maximum Gasteiger partial charge on any atom is 0.417 e. The number of thiocarbonyl (C=S) groups is 1. The molecule has 0 aliphatic carbocycles. The van der Waals surface area contributed by atoms with Gasteiger partial charge in [-0.3, -0.25) is 0 Å². The zero-order valence-corrected chi connectivity index (χ0v) is 11.5. The summed E-state index contributed by atoms with van der Waals surface area (Å²) in [4.78, 5) is -0.261. The van der Waals surface area contributed by atoms with E-state index in [1.807, 2.05) is 0 Å². The number of halogens is 3. The molecule has 0 amide bonds. The molecule has 1 heterocycles. The highest BCUT2D eigenvalue weighted by Crippen LogP contribution is 2.34. The minimum Gasteiger partial charge on any atom is -0.389 e. The second kappa shape index (κ2) is 5.97. The van der Waals surface area contributed by atoms with E-state index in [-0.39, 0.29) is 16.7 Å². The predicted octanol–water partition coefficient (Wildman–Crippen LogP) is 2.93. The number of hydrogen-bond acceptors (Lipinski definition) is 3. The van der Waals surface area contributed by atoms with Gasteiger partial charge < -0.3 is 15.8 Å². The zero-order valence-electron chi connectivity index (χ0n) is 10.7. The molecule has 1 aromatic carbocycles. The van der Waals surface area contributed by atoms with Crippen molar-refractivity contribution in [2.45, 2.75) is 25.1 Å². The summed E-state index contributed by atoms with van der Waals surface area (Å²) >= 11 is 4.65. The first-order valence-electron chi connectivity index (χ1n) is 6.24. The van der Waals surface area contributed by atoms with E-state index in [0.717, 1.165) is 18.9 Å². The average molecular weight is 304 g/mol. The van der Waals surface area contributed by atoms with Crippen molar-refractivity contribution in [3.63, 3.8) is 0 Å². The molecule has 0 saturated carbocycles. The number of nitrogens with two attached hydrogens (primary N) is 1. The minimum absolute atomic E-state index is 0.0552. The molecule has 20 heavy (non-hydrogen) atoms. The van der Waals surface area contributed by atoms with Crippen LogP contribution in [0.15, 0.2) is 18.2 Å². The van der Waals surface area contributed by atoms with Crippen LogP contribution in [0.3, 0.4) is 0 Å². The SMILES string of the molecule is NC(=S)c1ccc(NCC2CCCO2)cc1C(F)(F)F. The Hall–Kier alpha value is -1.34. The van der Waals surface area contributed by atoms with Crippen LogP contribution in [0.2, 0.25) is 0 Å². The molecule has 1 aliphatic heterocycles. The Morgan fingerprint density at radius 3 is 2.75 bits per heavy atom. The van der Waals surface area contributed by atoms with Gasteiger partial charge in [-0.2, -0.15) is 13.2 Å². The molecule has 110 valence electrons. The molecule has 1 unspecified atom stereocenters. The maximum atomic E-state index is 13.0. The molecule has 0 spiro atoms. The smallest absolute Gasteiger partial charge is 0.389 e. The number of nitrogens with one attached hydrogen (secondary N) is 1. The summed E-state index contributed by atoms with van der Waals surface area (Å²) in [7, 11) is 0. The molecule has 1 aromatic rings. The Labute approximate surface area is 120 Å². The first-order chi connectivity index (χ1) is 9.38. The Kier molecular flexibility index (Phi) is 4.49. The van der Waals surface area contributed by atoms with E-state index in [4.69, 9.17) is 10.5 Å². The summed E-state index contributed by atoms with van der Waals surface area (Å²) in [5.74, 6) is 0. The summed E-state index contributed by atoms with van der Waals surface area (Å²) in [6.45, 7) is 1.20. The lowest BCUT2D eigenvalue weighted by Gasteiger charge is -2.16. The summed E-state index contributed by atoms with van der Waals surface area (Å²) in [5.41, 5.74) is 4.73. The molecular weight excluding hydrogens is 289 g/mol. The highest BCUT2D eigenvalue weighted by atomic mass is 32.1. The second-order valence-corrected chi connectivity index (χ2v) is 5.08. The Bertz CT molecular complexity index is 499. The summed E-state index contributed by atoms with van der Waals surface area (Å²) < 4.78 is 44.3. The largest absolute Gasteiger partial charge is 0.417 e. The van der Waals surface area contributed by atoms with Crippen molar-refractivity contribution < 1.29 is 17.9 Å². The molecule has 0 bridgehead atoms. The van der Waals surface area contributed by atoms with Crippen LogP contribution in [0.4, 0.5) is 18.9 Å². The minimum atomic E-state index is -4.49. The van der Waals surface area contributed by atoms with Crippen molar-refractivity contribution in [2.24, 2.45) is 5.73 Å². The van der Waals surface area contributed by atoms with Gasteiger partial charge in [0.1, 0.15) is 4.99 Å². The van der Waals surface area contributed by atoms with E-state index in [0.29, 0.717) is 18.8 Å². The van der Waals surface area contributed by atoms with E-state index in [1.165, 1.54) is 6.07 Å². The molecule has 1 aliphatic rings. The number of ether oxygens (including phenoxy) is 1. The van der Waals surface area contributed by atoms with Crippen LogP contribution in [0.5, 0.6) is 0 Å². The first kappa shape index (κ1) is 15.1. The molecule has 2 rings (SSSR count). The highest BCUT2D eigenvalue weighted by Gasteiger charge is 2.34. The molecule has 3 nitrogen and oxygen atoms in total. The third-order valence-corrected chi connectivity index (χ3v) is 3.37. The summed E-state index contributed by atoms with van der Waals surface area (Å²) in [6.07, 6.45) is -2.52. The van der Waals surface area contributed by atoms with Gasteiger partial charge >= 0.3 is 6.18 Å². The second-order valence-electron chi connectivity index (χ2n) is 4.64. The summed E-state index contributed by atoms with van der Waals surface area (Å²) in [5, 5.41) is 2.96. The standard InChI is InChI=1S/C13H15F3N2OS/c14-13(15,16)11-6-8(3-4-10(11)12(17)20)18-7-9-2-1-5-19-9/h3-4,6,9,18H,1-2,5,7H2,(H2,17,20). The first-order valence-corrected chi connectivity index (χ1v) is 6.65. The van der Waals surface area contributed by atoms with Crippen LogP contribution in [-0.4, -0.2) is 24.2 Å². The van der Waals surface area contributed by atoms with Crippen LogP contribution < -0.4 is 11.1 Å². The van der Waals surface area contributed by atoms with Crippen molar-refractivity contribution in [3.05, 3.63) is 29.3 Å². The zero-order chi connectivity index (χ0) is 14.8. The van der Waals surface area contributed by atoms with Crippen LogP contribution in [0.1, 0.15) is 24.0 Å². The van der Waals surface area contributed by atoms with Gasteiger partial charge in [-0.25, -0.2) is 0 Å². The Morgan fingerprint density at radius 1 is 1.45 bits per heavy atom. The van der Waals surface area contributed by atoms with Crippen molar-refractivity contribution in [1.29, 1.82) is 0 Å². The number of rotatable bonds is 4. The Balaban J connectivity index is 2.16. The molecule has 3 N–H and O–H groups in total. The fourth-order valence-electron chi connectivity index (χ4n) is 2.14.